The highest BCUT2D eigenvalue weighted by molar-refractivity contribution is 5.76. The number of hydrogen-bond donors (Lipinski definition) is 1. The van der Waals surface area contributed by atoms with Crippen molar-refractivity contribution in [3.8, 4) is 0 Å². The molecule has 0 aliphatic heterocycles. The lowest BCUT2D eigenvalue weighted by molar-refractivity contribution is -0.121. The number of aryl methyl sites for hydroxylation is 1. The van der Waals surface area contributed by atoms with Gasteiger partial charge in [-0.3, -0.25) is 9.78 Å². The molecule has 1 heterocycles. The van der Waals surface area contributed by atoms with E-state index < -0.39 is 0 Å². The summed E-state index contributed by atoms with van der Waals surface area (Å²) in [6.07, 6.45) is 7.64. The summed E-state index contributed by atoms with van der Waals surface area (Å²) in [6, 6.07) is 7.80. The van der Waals surface area contributed by atoms with Gasteiger partial charge in [0.1, 0.15) is 0 Å². The van der Waals surface area contributed by atoms with Crippen molar-refractivity contribution in [1.82, 2.24) is 15.3 Å². The fraction of sp³-hybridized carbons (Fsp3) is 0.526. The largest absolute Gasteiger partial charge is 0.356 e. The third-order valence-electron chi connectivity index (χ3n) is 4.24. The predicted octanol–water partition coefficient (Wildman–Crippen LogP) is 3.90. The molecule has 0 saturated carbocycles. The Hall–Kier alpha value is -1.97. The fourth-order valence-electron chi connectivity index (χ4n) is 2.65. The van der Waals surface area contributed by atoms with Crippen LogP contribution in [0.2, 0.25) is 0 Å². The molecule has 4 nitrogen and oxygen atoms in total. The van der Waals surface area contributed by atoms with Gasteiger partial charge in [-0.2, -0.15) is 0 Å². The number of fused-ring (bicyclic) bond motifs is 1. The van der Waals surface area contributed by atoms with Gasteiger partial charge in [0.15, 0.2) is 0 Å². The van der Waals surface area contributed by atoms with Crippen molar-refractivity contribution in [1.29, 1.82) is 0 Å². The molecule has 1 aromatic carbocycles. The highest BCUT2D eigenvalue weighted by Crippen LogP contribution is 2.12. The number of rotatable bonds is 9. The molecule has 2 aromatic rings. The number of carbonyl (C=O) groups excluding carboxylic acids is 1. The molecular formula is C19H27N3O. The Bertz CT molecular complexity index is 627. The Morgan fingerprint density at radius 1 is 1.22 bits per heavy atom. The van der Waals surface area contributed by atoms with E-state index in [4.69, 9.17) is 0 Å². The third kappa shape index (κ3) is 5.62. The van der Waals surface area contributed by atoms with E-state index >= 15 is 0 Å². The standard InChI is InChI=1S/C19H27N3O/c1-3-5-8-15(4-2)13-21-19(23)12-11-16-14-20-17-9-6-7-10-18(17)22-16/h6-7,9-10,14-15H,3-5,8,11-13H2,1-2H3,(H,21,23)/t15-/m0/s1. The smallest absolute Gasteiger partial charge is 0.220 e. The van der Waals surface area contributed by atoms with E-state index in [1.807, 2.05) is 24.3 Å². The molecule has 4 heteroatoms. The number of nitrogens with one attached hydrogen (secondary N) is 1. The highest BCUT2D eigenvalue weighted by atomic mass is 16.1. The van der Waals surface area contributed by atoms with E-state index in [1.54, 1.807) is 6.20 Å². The minimum atomic E-state index is 0.106. The molecule has 0 spiro atoms. The molecule has 0 fully saturated rings. The first-order valence-electron chi connectivity index (χ1n) is 8.70. The van der Waals surface area contributed by atoms with Crippen molar-refractivity contribution in [3.05, 3.63) is 36.2 Å². The van der Waals surface area contributed by atoms with Gasteiger partial charge in [0.05, 0.1) is 16.7 Å². The Morgan fingerprint density at radius 3 is 2.74 bits per heavy atom. The van der Waals surface area contributed by atoms with Crippen LogP contribution in [0.15, 0.2) is 30.5 Å². The summed E-state index contributed by atoms with van der Waals surface area (Å²) in [7, 11) is 0. The van der Waals surface area contributed by atoms with Gasteiger partial charge in [0.25, 0.3) is 0 Å². The van der Waals surface area contributed by atoms with Crippen LogP contribution in [0.4, 0.5) is 0 Å². The number of hydrogen-bond acceptors (Lipinski definition) is 3. The van der Waals surface area contributed by atoms with Crippen molar-refractivity contribution < 1.29 is 4.79 Å². The van der Waals surface area contributed by atoms with E-state index in [-0.39, 0.29) is 5.91 Å². The van der Waals surface area contributed by atoms with Gasteiger partial charge in [0.2, 0.25) is 5.91 Å². The van der Waals surface area contributed by atoms with Crippen LogP contribution in [-0.4, -0.2) is 22.4 Å². The fourth-order valence-corrected chi connectivity index (χ4v) is 2.65. The zero-order valence-corrected chi connectivity index (χ0v) is 14.2. The van der Waals surface area contributed by atoms with Crippen LogP contribution in [0.1, 0.15) is 51.6 Å². The second-order valence-corrected chi connectivity index (χ2v) is 6.07. The van der Waals surface area contributed by atoms with Gasteiger partial charge < -0.3 is 5.32 Å². The number of nitrogens with zero attached hydrogens (tertiary/aromatic N) is 2. The Kier molecular flexibility index (Phi) is 6.98. The first kappa shape index (κ1) is 17.4. The summed E-state index contributed by atoms with van der Waals surface area (Å²) in [5.41, 5.74) is 2.65. The predicted molar refractivity (Wildman–Crippen MR) is 94.2 cm³/mol. The highest BCUT2D eigenvalue weighted by Gasteiger charge is 2.09. The van der Waals surface area contributed by atoms with E-state index in [0.717, 1.165) is 29.7 Å². The first-order valence-corrected chi connectivity index (χ1v) is 8.70. The topological polar surface area (TPSA) is 54.9 Å². The maximum Gasteiger partial charge on any atom is 0.220 e. The van der Waals surface area contributed by atoms with Gasteiger partial charge in [-0.05, 0) is 30.9 Å². The minimum Gasteiger partial charge on any atom is -0.356 e. The lowest BCUT2D eigenvalue weighted by Gasteiger charge is -2.15. The molecule has 0 unspecified atom stereocenters. The molecule has 1 aromatic heterocycles. The van der Waals surface area contributed by atoms with Gasteiger partial charge in [-0.15, -0.1) is 0 Å². The zero-order valence-electron chi connectivity index (χ0n) is 14.2. The molecule has 2 rings (SSSR count). The summed E-state index contributed by atoms with van der Waals surface area (Å²) < 4.78 is 0. The number of carbonyl (C=O) groups is 1. The van der Waals surface area contributed by atoms with Crippen LogP contribution >= 0.6 is 0 Å². The summed E-state index contributed by atoms with van der Waals surface area (Å²) in [4.78, 5) is 21.0. The SMILES string of the molecule is CCCC[C@H](CC)CNC(=O)CCc1cnc2ccccc2n1. The van der Waals surface area contributed by atoms with Crippen LogP contribution in [-0.2, 0) is 11.2 Å². The van der Waals surface area contributed by atoms with Crippen molar-refractivity contribution in [3.63, 3.8) is 0 Å². The average molecular weight is 313 g/mol. The first-order chi connectivity index (χ1) is 11.2. The molecule has 0 aliphatic carbocycles. The molecule has 0 radical (unpaired) electrons. The summed E-state index contributed by atoms with van der Waals surface area (Å²) in [5, 5.41) is 3.06. The van der Waals surface area contributed by atoms with E-state index in [9.17, 15) is 4.79 Å². The van der Waals surface area contributed by atoms with Crippen molar-refractivity contribution in [2.45, 2.75) is 52.4 Å². The van der Waals surface area contributed by atoms with Gasteiger partial charge in [-0.1, -0.05) is 45.2 Å². The van der Waals surface area contributed by atoms with Gasteiger partial charge in [-0.25, -0.2) is 4.98 Å². The Balaban J connectivity index is 1.78. The molecule has 0 bridgehead atoms. The maximum absolute atomic E-state index is 12.0. The van der Waals surface area contributed by atoms with Crippen LogP contribution in [0, 0.1) is 5.92 Å². The molecular weight excluding hydrogens is 286 g/mol. The lowest BCUT2D eigenvalue weighted by atomic mass is 9.99. The zero-order chi connectivity index (χ0) is 16.5. The Labute approximate surface area is 138 Å². The third-order valence-corrected chi connectivity index (χ3v) is 4.24. The molecule has 1 atom stereocenters. The minimum absolute atomic E-state index is 0.106. The lowest BCUT2D eigenvalue weighted by Crippen LogP contribution is -2.29. The number of benzene rings is 1. The number of para-hydroxylation sites is 2. The summed E-state index contributed by atoms with van der Waals surface area (Å²) in [5.74, 6) is 0.703. The van der Waals surface area contributed by atoms with E-state index in [1.165, 1.54) is 19.3 Å². The van der Waals surface area contributed by atoms with Gasteiger partial charge in [0, 0.05) is 19.2 Å². The van der Waals surface area contributed by atoms with Crippen molar-refractivity contribution in [2.24, 2.45) is 5.92 Å². The maximum atomic E-state index is 12.0. The molecule has 0 saturated heterocycles. The second-order valence-electron chi connectivity index (χ2n) is 6.07. The van der Waals surface area contributed by atoms with Crippen LogP contribution < -0.4 is 5.32 Å². The normalized spacial score (nSPS) is 12.3. The van der Waals surface area contributed by atoms with E-state index in [2.05, 4.69) is 29.1 Å². The summed E-state index contributed by atoms with van der Waals surface area (Å²) in [6.45, 7) is 5.19. The van der Waals surface area contributed by atoms with Crippen molar-refractivity contribution in [2.75, 3.05) is 6.54 Å². The van der Waals surface area contributed by atoms with Crippen LogP contribution in [0.5, 0.6) is 0 Å². The average Bonchev–Trinajstić information content (AvgIpc) is 2.60. The molecule has 124 valence electrons. The number of unbranched alkanes of at least 4 members (excludes halogenated alkanes) is 1. The van der Waals surface area contributed by atoms with E-state index in [0.29, 0.717) is 18.8 Å². The monoisotopic (exact) mass is 313 g/mol. The summed E-state index contributed by atoms with van der Waals surface area (Å²) >= 11 is 0. The molecule has 1 N–H and O–H groups in total. The Morgan fingerprint density at radius 2 is 2.00 bits per heavy atom. The number of amides is 1. The molecule has 1 amide bonds. The van der Waals surface area contributed by atoms with Crippen LogP contribution in [0.25, 0.3) is 11.0 Å². The van der Waals surface area contributed by atoms with Gasteiger partial charge >= 0.3 is 0 Å². The molecule has 0 aliphatic rings. The number of aromatic nitrogens is 2. The van der Waals surface area contributed by atoms with Crippen LogP contribution in [0.3, 0.4) is 0 Å². The molecule has 23 heavy (non-hydrogen) atoms. The quantitative estimate of drug-likeness (QED) is 0.764. The second kappa shape index (κ2) is 9.23. The van der Waals surface area contributed by atoms with Crippen molar-refractivity contribution >= 4 is 16.9 Å².